The lowest BCUT2D eigenvalue weighted by Gasteiger charge is -2.28. The predicted octanol–water partition coefficient (Wildman–Crippen LogP) is 4.18. The van der Waals surface area contributed by atoms with Crippen molar-refractivity contribution in [3.05, 3.63) is 63.1 Å². The molecule has 0 bridgehead atoms. The molecule has 0 radical (unpaired) electrons. The summed E-state index contributed by atoms with van der Waals surface area (Å²) in [4.78, 5) is 25.8. The fourth-order valence-electron chi connectivity index (χ4n) is 4.08. The van der Waals surface area contributed by atoms with Crippen LogP contribution >= 0.6 is 34.8 Å². The Morgan fingerprint density at radius 1 is 0.969 bits per heavy atom. The van der Waals surface area contributed by atoms with Crippen LogP contribution in [0.3, 0.4) is 0 Å². The number of rotatable bonds is 5. The number of nitrogens with two attached hydrogens (primary N) is 1. The van der Waals surface area contributed by atoms with E-state index < -0.39 is 23.8 Å². The van der Waals surface area contributed by atoms with Gasteiger partial charge >= 0.3 is 0 Å². The maximum absolute atomic E-state index is 13.2. The minimum Gasteiger partial charge on any atom is -0.369 e. The van der Waals surface area contributed by atoms with Crippen LogP contribution in [0.15, 0.2) is 47.6 Å². The third-order valence-corrected chi connectivity index (χ3v) is 6.40. The Morgan fingerprint density at radius 2 is 1.62 bits per heavy atom. The monoisotopic (exact) mass is 493 g/mol. The molecule has 0 aromatic heterocycles. The summed E-state index contributed by atoms with van der Waals surface area (Å²) in [5.41, 5.74) is 9.93. The van der Waals surface area contributed by atoms with Gasteiger partial charge in [-0.05, 0) is 48.7 Å². The van der Waals surface area contributed by atoms with Gasteiger partial charge in [-0.3, -0.25) is 20.0 Å². The third kappa shape index (κ3) is 4.71. The number of hydrazone groups is 1. The fourth-order valence-corrected chi connectivity index (χ4v) is 4.70. The van der Waals surface area contributed by atoms with Crippen molar-refractivity contribution in [3.63, 3.8) is 0 Å². The highest BCUT2D eigenvalue weighted by Gasteiger charge is 2.46. The van der Waals surface area contributed by atoms with Gasteiger partial charge in [0.15, 0.2) is 0 Å². The number of halogens is 3. The maximum Gasteiger partial charge on any atom is 0.282 e. The molecule has 1 saturated heterocycles. The summed E-state index contributed by atoms with van der Waals surface area (Å²) in [5.74, 6) is -2.11. The zero-order valence-electron chi connectivity index (χ0n) is 17.1. The molecule has 0 saturated carbocycles. The zero-order chi connectivity index (χ0) is 22.8. The first-order valence-corrected chi connectivity index (χ1v) is 11.4. The molecule has 10 heteroatoms. The van der Waals surface area contributed by atoms with Crippen LogP contribution in [0.5, 0.6) is 0 Å². The van der Waals surface area contributed by atoms with E-state index in [4.69, 9.17) is 40.5 Å². The van der Waals surface area contributed by atoms with E-state index >= 15 is 0 Å². The van der Waals surface area contributed by atoms with Crippen LogP contribution in [-0.2, 0) is 9.59 Å². The molecule has 2 amide bonds. The number of nitrogens with zero attached hydrogens (tertiary/aromatic N) is 3. The van der Waals surface area contributed by atoms with Gasteiger partial charge in [-0.15, -0.1) is 0 Å². The second kappa shape index (κ2) is 9.67. The Labute approximate surface area is 201 Å². The van der Waals surface area contributed by atoms with E-state index in [0.717, 1.165) is 32.4 Å². The number of carbonyl (C=O) groups is 2. The Morgan fingerprint density at radius 3 is 2.25 bits per heavy atom. The zero-order valence-corrected chi connectivity index (χ0v) is 19.4. The first-order valence-electron chi connectivity index (χ1n) is 10.3. The number of primary amides is 1. The topological polar surface area (TPSA) is 91.0 Å². The average molecular weight is 495 g/mol. The van der Waals surface area contributed by atoms with Crippen LogP contribution in [0.1, 0.15) is 30.9 Å². The van der Waals surface area contributed by atoms with Gasteiger partial charge in [0, 0.05) is 23.1 Å². The van der Waals surface area contributed by atoms with E-state index in [1.54, 1.807) is 47.5 Å². The second-order valence-corrected chi connectivity index (χ2v) is 9.07. The number of hydrogen-bond acceptors (Lipinski definition) is 5. The van der Waals surface area contributed by atoms with Gasteiger partial charge in [-0.25, -0.2) is 5.01 Å². The van der Waals surface area contributed by atoms with Crippen LogP contribution in [-0.4, -0.2) is 35.6 Å². The van der Waals surface area contributed by atoms with Gasteiger partial charge in [0.05, 0.1) is 16.8 Å². The van der Waals surface area contributed by atoms with Crippen molar-refractivity contribution in [1.29, 1.82) is 0 Å². The molecule has 2 atom stereocenters. The molecule has 0 spiro atoms. The first-order chi connectivity index (χ1) is 15.3. The normalized spacial score (nSPS) is 21.3. The van der Waals surface area contributed by atoms with Crippen LogP contribution in [0.4, 0.5) is 5.69 Å². The molecule has 4 rings (SSSR count). The maximum atomic E-state index is 13.2. The predicted molar refractivity (Wildman–Crippen MR) is 127 cm³/mol. The van der Waals surface area contributed by atoms with Crippen molar-refractivity contribution in [2.24, 2.45) is 16.8 Å². The summed E-state index contributed by atoms with van der Waals surface area (Å²) in [6, 6.07) is 11.2. The van der Waals surface area contributed by atoms with Crippen LogP contribution < -0.4 is 16.2 Å². The van der Waals surface area contributed by atoms with Gasteiger partial charge in [0.25, 0.3) is 5.91 Å². The minimum absolute atomic E-state index is 0.0361. The highest BCUT2D eigenvalue weighted by Crippen LogP contribution is 2.42. The lowest BCUT2D eigenvalue weighted by atomic mass is 9.88. The number of amides is 2. The molecule has 2 heterocycles. The summed E-state index contributed by atoms with van der Waals surface area (Å²) in [6.45, 7) is 1.49. The summed E-state index contributed by atoms with van der Waals surface area (Å²) < 4.78 is 0. The van der Waals surface area contributed by atoms with Gasteiger partial charge in [-0.2, -0.15) is 5.10 Å². The third-order valence-electron chi connectivity index (χ3n) is 5.61. The van der Waals surface area contributed by atoms with Crippen molar-refractivity contribution in [2.45, 2.75) is 25.3 Å². The van der Waals surface area contributed by atoms with Gasteiger partial charge in [0.1, 0.15) is 11.6 Å². The highest BCUT2D eigenvalue weighted by atomic mass is 35.5. The molecular formula is C22H22Cl3N5O2. The first kappa shape index (κ1) is 22.9. The molecule has 2 aliphatic rings. The Kier molecular flexibility index (Phi) is 6.90. The molecular weight excluding hydrogens is 473 g/mol. The number of anilines is 1. The van der Waals surface area contributed by atoms with E-state index in [2.05, 4.69) is 10.5 Å². The molecule has 2 aliphatic heterocycles. The lowest BCUT2D eigenvalue weighted by molar-refractivity contribution is -0.123. The van der Waals surface area contributed by atoms with Gasteiger partial charge < -0.3 is 5.73 Å². The Hall–Kier alpha value is -2.32. The lowest BCUT2D eigenvalue weighted by Crippen LogP contribution is -2.50. The van der Waals surface area contributed by atoms with Gasteiger partial charge in [0.2, 0.25) is 5.91 Å². The van der Waals surface area contributed by atoms with Crippen LogP contribution in [0, 0.1) is 5.92 Å². The molecule has 2 aromatic rings. The molecule has 2 aromatic carbocycles. The van der Waals surface area contributed by atoms with E-state index in [-0.39, 0.29) is 5.71 Å². The number of carbonyl (C=O) groups excluding carboxylic acids is 2. The summed E-state index contributed by atoms with van der Waals surface area (Å²) >= 11 is 18.6. The highest BCUT2D eigenvalue weighted by molar-refractivity contribution is 6.44. The molecule has 2 unspecified atom stereocenters. The smallest absolute Gasteiger partial charge is 0.282 e. The number of hydrogen-bond donors (Lipinski definition) is 2. The average Bonchev–Trinajstić information content (AvgIpc) is 3.16. The number of hydrazine groups is 1. The van der Waals surface area contributed by atoms with Gasteiger partial charge in [-0.1, -0.05) is 53.4 Å². The standard InChI is InChI=1S/C22H22Cl3N5O2/c23-14-6-4-13(5-7-14)20-18(21(26)31)19(22(32)28-29-10-2-1-3-11-29)27-30(20)17-9-8-15(24)12-16(17)25/h4-9,12,18,20H,1-3,10-11H2,(H2,26,31)(H,28,32). The van der Waals surface area contributed by atoms with E-state index in [1.807, 2.05) is 5.01 Å². The van der Waals surface area contributed by atoms with Crippen LogP contribution in [0.2, 0.25) is 15.1 Å². The second-order valence-electron chi connectivity index (χ2n) is 7.79. The molecule has 3 N–H and O–H groups in total. The molecule has 7 nitrogen and oxygen atoms in total. The largest absolute Gasteiger partial charge is 0.369 e. The van der Waals surface area contributed by atoms with E-state index in [9.17, 15) is 9.59 Å². The van der Waals surface area contributed by atoms with Crippen molar-refractivity contribution >= 4 is 58.0 Å². The molecule has 32 heavy (non-hydrogen) atoms. The number of nitrogens with one attached hydrogen (secondary N) is 1. The summed E-state index contributed by atoms with van der Waals surface area (Å²) in [7, 11) is 0. The Balaban J connectivity index is 1.76. The van der Waals surface area contributed by atoms with Crippen molar-refractivity contribution < 1.29 is 9.59 Å². The quantitative estimate of drug-likeness (QED) is 0.652. The van der Waals surface area contributed by atoms with E-state index in [1.165, 1.54) is 0 Å². The SMILES string of the molecule is NC(=O)C1C(C(=O)NN2CCCCC2)=NN(c2ccc(Cl)cc2Cl)C1c1ccc(Cl)cc1. The van der Waals surface area contributed by atoms with Crippen molar-refractivity contribution in [3.8, 4) is 0 Å². The summed E-state index contributed by atoms with van der Waals surface area (Å²) in [5, 5.41) is 9.29. The van der Waals surface area contributed by atoms with Crippen molar-refractivity contribution in [2.75, 3.05) is 18.1 Å². The Bertz CT molecular complexity index is 1050. The molecule has 168 valence electrons. The number of piperidine rings is 1. The summed E-state index contributed by atoms with van der Waals surface area (Å²) in [6.07, 6.45) is 3.11. The van der Waals surface area contributed by atoms with Crippen molar-refractivity contribution in [1.82, 2.24) is 10.4 Å². The molecule has 0 aliphatic carbocycles. The number of benzene rings is 2. The minimum atomic E-state index is -0.993. The van der Waals surface area contributed by atoms with Crippen LogP contribution in [0.25, 0.3) is 0 Å². The fraction of sp³-hybridized carbons (Fsp3) is 0.318. The molecule has 1 fully saturated rings. The van der Waals surface area contributed by atoms with E-state index in [0.29, 0.717) is 26.3 Å².